The molecule has 1 saturated heterocycles. The van der Waals surface area contributed by atoms with Crippen molar-refractivity contribution in [1.82, 2.24) is 4.98 Å². The fourth-order valence-electron chi connectivity index (χ4n) is 1.50. The van der Waals surface area contributed by atoms with Crippen molar-refractivity contribution < 1.29 is 14.3 Å². The van der Waals surface area contributed by atoms with Gasteiger partial charge >= 0.3 is 11.9 Å². The average molecular weight is 179 g/mol. The standard InChI is InChI=1S/C9H9NO3/c11-8-4-6(5-9(12)13-8)7-2-1-3-10-7/h1-3,6,10H,4-5H2. The van der Waals surface area contributed by atoms with Crippen LogP contribution in [0.2, 0.25) is 0 Å². The van der Waals surface area contributed by atoms with Gasteiger partial charge in [0.25, 0.3) is 0 Å². The number of hydrogen-bond acceptors (Lipinski definition) is 3. The van der Waals surface area contributed by atoms with Gasteiger partial charge in [-0.1, -0.05) is 0 Å². The summed E-state index contributed by atoms with van der Waals surface area (Å²) in [5, 5.41) is 0. The zero-order valence-corrected chi connectivity index (χ0v) is 6.95. The van der Waals surface area contributed by atoms with Gasteiger partial charge in [0.2, 0.25) is 0 Å². The molecule has 1 fully saturated rings. The Kier molecular flexibility index (Phi) is 1.88. The van der Waals surface area contributed by atoms with Gasteiger partial charge in [-0.25, -0.2) is 0 Å². The van der Waals surface area contributed by atoms with E-state index in [4.69, 9.17) is 0 Å². The van der Waals surface area contributed by atoms with Gasteiger partial charge in [0.15, 0.2) is 0 Å². The Bertz CT molecular complexity index is 313. The van der Waals surface area contributed by atoms with Crippen LogP contribution in [-0.2, 0) is 14.3 Å². The van der Waals surface area contributed by atoms with Crippen molar-refractivity contribution >= 4 is 11.9 Å². The first kappa shape index (κ1) is 8.04. The number of carbonyl (C=O) groups is 2. The van der Waals surface area contributed by atoms with E-state index in [1.807, 2.05) is 12.1 Å². The van der Waals surface area contributed by atoms with Crippen molar-refractivity contribution in [3.63, 3.8) is 0 Å². The molecular formula is C9H9NO3. The number of rotatable bonds is 1. The molecule has 0 radical (unpaired) electrons. The third-order valence-electron chi connectivity index (χ3n) is 2.12. The molecular weight excluding hydrogens is 170 g/mol. The van der Waals surface area contributed by atoms with Gasteiger partial charge in [-0.3, -0.25) is 9.59 Å². The SMILES string of the molecule is O=C1CC(c2ccc[nH]2)CC(=O)O1. The highest BCUT2D eigenvalue weighted by atomic mass is 16.6. The van der Waals surface area contributed by atoms with Crippen LogP contribution in [0.25, 0.3) is 0 Å². The predicted molar refractivity (Wildman–Crippen MR) is 43.9 cm³/mol. The van der Waals surface area contributed by atoms with E-state index in [0.29, 0.717) is 0 Å². The van der Waals surface area contributed by atoms with Gasteiger partial charge < -0.3 is 9.72 Å². The van der Waals surface area contributed by atoms with E-state index in [1.165, 1.54) is 0 Å². The Hall–Kier alpha value is -1.58. The number of esters is 2. The minimum atomic E-state index is -0.434. The van der Waals surface area contributed by atoms with Crippen molar-refractivity contribution in [1.29, 1.82) is 0 Å². The fraction of sp³-hybridized carbons (Fsp3) is 0.333. The molecule has 2 heterocycles. The third-order valence-corrected chi connectivity index (χ3v) is 2.12. The smallest absolute Gasteiger partial charge is 0.314 e. The number of ether oxygens (including phenoxy) is 1. The molecule has 1 N–H and O–H groups in total. The third kappa shape index (κ3) is 1.61. The summed E-state index contributed by atoms with van der Waals surface area (Å²) in [6, 6.07) is 3.72. The van der Waals surface area contributed by atoms with Gasteiger partial charge in [-0.2, -0.15) is 0 Å². The molecule has 0 unspecified atom stereocenters. The Balaban J connectivity index is 2.16. The van der Waals surface area contributed by atoms with Crippen LogP contribution in [0.1, 0.15) is 24.5 Å². The number of carbonyl (C=O) groups excluding carboxylic acids is 2. The first-order valence-corrected chi connectivity index (χ1v) is 4.12. The summed E-state index contributed by atoms with van der Waals surface area (Å²) < 4.78 is 4.42. The summed E-state index contributed by atoms with van der Waals surface area (Å²) in [6.45, 7) is 0. The van der Waals surface area contributed by atoms with Gasteiger partial charge in [-0.05, 0) is 12.1 Å². The molecule has 68 valence electrons. The van der Waals surface area contributed by atoms with Crippen molar-refractivity contribution in [2.75, 3.05) is 0 Å². The topological polar surface area (TPSA) is 59.2 Å². The van der Waals surface area contributed by atoms with Crippen LogP contribution in [-0.4, -0.2) is 16.9 Å². The first-order chi connectivity index (χ1) is 6.25. The summed E-state index contributed by atoms with van der Waals surface area (Å²) in [5.74, 6) is -0.907. The van der Waals surface area contributed by atoms with Crippen LogP contribution < -0.4 is 0 Å². The minimum Gasteiger partial charge on any atom is -0.393 e. The van der Waals surface area contributed by atoms with Crippen LogP contribution in [0.4, 0.5) is 0 Å². The molecule has 0 aromatic carbocycles. The second kappa shape index (κ2) is 3.05. The van der Waals surface area contributed by atoms with Crippen LogP contribution in [0.3, 0.4) is 0 Å². The molecule has 0 aliphatic carbocycles. The largest absolute Gasteiger partial charge is 0.393 e. The van der Waals surface area contributed by atoms with E-state index in [0.717, 1.165) is 5.69 Å². The maximum atomic E-state index is 10.9. The molecule has 4 nitrogen and oxygen atoms in total. The van der Waals surface area contributed by atoms with Crippen LogP contribution in [0.5, 0.6) is 0 Å². The highest BCUT2D eigenvalue weighted by Crippen LogP contribution is 2.26. The average Bonchev–Trinajstić information content (AvgIpc) is 2.53. The first-order valence-electron chi connectivity index (χ1n) is 4.12. The lowest BCUT2D eigenvalue weighted by Crippen LogP contribution is -2.24. The zero-order valence-electron chi connectivity index (χ0n) is 6.95. The second-order valence-corrected chi connectivity index (χ2v) is 3.08. The molecule has 0 amide bonds. The highest BCUT2D eigenvalue weighted by molar-refractivity contribution is 5.89. The van der Waals surface area contributed by atoms with E-state index < -0.39 is 11.9 Å². The highest BCUT2D eigenvalue weighted by Gasteiger charge is 2.28. The molecule has 1 aromatic heterocycles. The number of nitrogens with one attached hydrogen (secondary N) is 1. The Morgan fingerprint density at radius 3 is 2.54 bits per heavy atom. The lowest BCUT2D eigenvalue weighted by Gasteiger charge is -2.18. The summed E-state index contributed by atoms with van der Waals surface area (Å²) in [5.41, 5.74) is 0.921. The van der Waals surface area contributed by atoms with E-state index in [1.54, 1.807) is 6.20 Å². The van der Waals surface area contributed by atoms with Crippen molar-refractivity contribution in [3.05, 3.63) is 24.0 Å². The normalized spacial score (nSPS) is 18.8. The lowest BCUT2D eigenvalue weighted by molar-refractivity contribution is -0.164. The van der Waals surface area contributed by atoms with E-state index in [-0.39, 0.29) is 18.8 Å². The Labute approximate surface area is 74.9 Å². The maximum Gasteiger partial charge on any atom is 0.314 e. The van der Waals surface area contributed by atoms with Crippen LogP contribution in [0.15, 0.2) is 18.3 Å². The van der Waals surface area contributed by atoms with Crippen LogP contribution >= 0.6 is 0 Å². The summed E-state index contributed by atoms with van der Waals surface area (Å²) in [4.78, 5) is 24.8. The van der Waals surface area contributed by atoms with E-state index in [9.17, 15) is 9.59 Å². The molecule has 13 heavy (non-hydrogen) atoms. The van der Waals surface area contributed by atoms with Gasteiger partial charge in [0.1, 0.15) is 0 Å². The van der Waals surface area contributed by atoms with Crippen molar-refractivity contribution in [2.45, 2.75) is 18.8 Å². The summed E-state index contributed by atoms with van der Waals surface area (Å²) in [7, 11) is 0. The molecule has 1 aromatic rings. The molecule has 0 spiro atoms. The Morgan fingerprint density at radius 2 is 2.00 bits per heavy atom. The van der Waals surface area contributed by atoms with Crippen molar-refractivity contribution in [3.8, 4) is 0 Å². The number of cyclic esters (lactones) is 2. The quantitative estimate of drug-likeness (QED) is 0.516. The van der Waals surface area contributed by atoms with E-state index >= 15 is 0 Å². The molecule has 4 heteroatoms. The maximum absolute atomic E-state index is 10.9. The molecule has 0 atom stereocenters. The van der Waals surface area contributed by atoms with Gasteiger partial charge in [0.05, 0.1) is 12.8 Å². The number of aromatic nitrogens is 1. The van der Waals surface area contributed by atoms with Crippen LogP contribution in [0, 0.1) is 0 Å². The number of H-pyrrole nitrogens is 1. The molecule has 1 aliphatic heterocycles. The molecule has 1 aliphatic rings. The monoisotopic (exact) mass is 179 g/mol. The summed E-state index contributed by atoms with van der Waals surface area (Å²) >= 11 is 0. The fourth-order valence-corrected chi connectivity index (χ4v) is 1.50. The number of hydrogen-bond donors (Lipinski definition) is 1. The molecule has 0 bridgehead atoms. The number of aromatic amines is 1. The zero-order chi connectivity index (χ0) is 9.26. The van der Waals surface area contributed by atoms with Gasteiger partial charge in [0, 0.05) is 17.8 Å². The van der Waals surface area contributed by atoms with E-state index in [2.05, 4.69) is 9.72 Å². The minimum absolute atomic E-state index is 0.0382. The summed E-state index contributed by atoms with van der Waals surface area (Å²) in [6.07, 6.45) is 2.35. The molecule has 0 saturated carbocycles. The van der Waals surface area contributed by atoms with Gasteiger partial charge in [-0.15, -0.1) is 0 Å². The predicted octanol–water partition coefficient (Wildman–Crippen LogP) is 0.962. The second-order valence-electron chi connectivity index (χ2n) is 3.08. The van der Waals surface area contributed by atoms with Crippen molar-refractivity contribution in [2.24, 2.45) is 0 Å². The Morgan fingerprint density at radius 1 is 1.31 bits per heavy atom. The lowest BCUT2D eigenvalue weighted by atomic mass is 9.96. The molecule has 2 rings (SSSR count).